The molecule has 1 aromatic rings. The summed E-state index contributed by atoms with van der Waals surface area (Å²) in [6, 6.07) is -1.41. The van der Waals surface area contributed by atoms with Crippen LogP contribution < -0.4 is 5.73 Å². The molecular formula is C15H21NO4. The van der Waals surface area contributed by atoms with Crippen molar-refractivity contribution in [2.75, 3.05) is 0 Å². The minimum atomic E-state index is -4.20. The fourth-order valence-electron chi connectivity index (χ4n) is 1.24. The van der Waals surface area contributed by atoms with Crippen molar-refractivity contribution in [3.05, 3.63) is 23.8 Å². The third kappa shape index (κ3) is 3.87. The molecule has 1 aliphatic carbocycles. The Labute approximate surface area is 138 Å². The van der Waals surface area contributed by atoms with Crippen molar-refractivity contribution >= 4 is 5.97 Å². The average molecular weight is 293 g/mol. The number of benzene rings is 1. The maximum atomic E-state index is 12.8. The van der Waals surface area contributed by atoms with Gasteiger partial charge in [0.25, 0.3) is 0 Å². The molecule has 0 radical (unpaired) electrons. The van der Waals surface area contributed by atoms with Gasteiger partial charge in [-0.05, 0) is 49.6 Å². The summed E-state index contributed by atoms with van der Waals surface area (Å²) in [6.07, 6.45) is -27.5. The van der Waals surface area contributed by atoms with Gasteiger partial charge in [0, 0.05) is 16.4 Å². The number of nitrogens with two attached hydrogens (primary N) is 1. The largest absolute Gasteiger partial charge is 0.504 e. The fraction of sp³-hybridized carbons (Fsp3) is 0.533. The number of aromatic hydroxyl groups is 2. The fourth-order valence-corrected chi connectivity index (χ4v) is 1.24. The Morgan fingerprint density at radius 1 is 1.50 bits per heavy atom. The normalized spacial score (nSPS) is 44.5. The Morgan fingerprint density at radius 3 is 2.85 bits per heavy atom. The number of esters is 1. The first-order valence-electron chi connectivity index (χ1n) is 12.3. The van der Waals surface area contributed by atoms with Gasteiger partial charge in [0.1, 0.15) is 12.1 Å². The van der Waals surface area contributed by atoms with Crippen molar-refractivity contribution < 1.29 is 38.9 Å². The van der Waals surface area contributed by atoms with Crippen molar-refractivity contribution in [3.63, 3.8) is 0 Å². The van der Waals surface area contributed by atoms with E-state index in [0.29, 0.717) is 6.07 Å². The van der Waals surface area contributed by atoms with E-state index in [1.54, 1.807) is 0 Å². The van der Waals surface area contributed by atoms with Gasteiger partial charge >= 0.3 is 5.97 Å². The highest BCUT2D eigenvalue weighted by molar-refractivity contribution is 5.76. The van der Waals surface area contributed by atoms with E-state index in [9.17, 15) is 15.0 Å². The highest BCUT2D eigenvalue weighted by atomic mass is 16.5. The van der Waals surface area contributed by atoms with E-state index in [4.69, 9.17) is 24.9 Å². The van der Waals surface area contributed by atoms with Crippen LogP contribution in [0.3, 0.4) is 0 Å². The molecule has 0 aromatic heterocycles. The Bertz CT molecular complexity index is 979. The molecule has 0 saturated heterocycles. The van der Waals surface area contributed by atoms with Crippen LogP contribution in [0, 0.1) is 0 Å². The van der Waals surface area contributed by atoms with Gasteiger partial charge < -0.3 is 20.7 Å². The Kier molecular flexibility index (Phi) is 1.62. The molecule has 5 nitrogen and oxygen atoms in total. The van der Waals surface area contributed by atoms with Gasteiger partial charge in [0.05, 0.1) is 2.74 Å². The SMILES string of the molecule is [2H]C(N)(C(=O)OC1([2H])C([2H])([2H])C([2H])([2H])C([2H])([2H])C([2H])([2H])C1([2H])[2H])C([2H])([2H])c1ccc(O)c(O)c1. The van der Waals surface area contributed by atoms with Gasteiger partial charge in [-0.25, -0.2) is 0 Å². The standard InChI is InChI=1S/C15H21NO4/c16-12(8-10-6-7-13(17)14(18)9-10)15(19)20-11-4-2-1-3-5-11/h6-7,9,11-12,17-18H,1-5,8,16H2/i1D2,2D2,3D2,4D2,5D2,8D2,11D,12D. The number of hydrogen-bond donors (Lipinski definition) is 3. The summed E-state index contributed by atoms with van der Waals surface area (Å²) in [4.78, 5) is 12.8. The quantitative estimate of drug-likeness (QED) is 0.582. The van der Waals surface area contributed by atoms with Crippen LogP contribution in [0.4, 0.5) is 0 Å². The minimum Gasteiger partial charge on any atom is -0.504 e. The van der Waals surface area contributed by atoms with Crippen molar-refractivity contribution in [1.29, 1.82) is 0 Å². The lowest BCUT2D eigenvalue weighted by atomic mass is 9.97. The maximum absolute atomic E-state index is 12.8. The van der Waals surface area contributed by atoms with Gasteiger partial charge in [0.2, 0.25) is 0 Å². The van der Waals surface area contributed by atoms with Crippen LogP contribution in [0.25, 0.3) is 0 Å². The van der Waals surface area contributed by atoms with Crippen LogP contribution in [0.5, 0.6) is 11.5 Å². The first-order valence-corrected chi connectivity index (χ1v) is 5.34. The summed E-state index contributed by atoms with van der Waals surface area (Å²) >= 11 is 0. The van der Waals surface area contributed by atoms with E-state index >= 15 is 0 Å². The topological polar surface area (TPSA) is 92.8 Å². The molecule has 20 heavy (non-hydrogen) atoms. The summed E-state index contributed by atoms with van der Waals surface area (Å²) < 4.78 is 115. The molecule has 1 unspecified atom stereocenters. The van der Waals surface area contributed by atoms with Gasteiger partial charge in [0.15, 0.2) is 11.5 Å². The van der Waals surface area contributed by atoms with Gasteiger partial charge in [-0.3, -0.25) is 4.79 Å². The molecule has 4 N–H and O–H groups in total. The van der Waals surface area contributed by atoms with E-state index in [-0.39, 0.29) is 0 Å². The Morgan fingerprint density at radius 2 is 2.20 bits per heavy atom. The number of hydrogen-bond acceptors (Lipinski definition) is 5. The summed E-state index contributed by atoms with van der Waals surface area (Å²) in [5, 5.41) is 19.0. The minimum absolute atomic E-state index is 0.597. The second-order valence-corrected chi connectivity index (χ2v) is 3.59. The zero-order valence-corrected chi connectivity index (χ0v) is 10.0. The molecule has 5 heteroatoms. The Hall–Kier alpha value is -1.75. The number of ether oxygens (including phenoxy) is 1. The van der Waals surface area contributed by atoms with E-state index in [1.807, 2.05) is 0 Å². The summed E-state index contributed by atoms with van der Waals surface area (Å²) in [5.74, 6) is -3.88. The molecule has 1 atom stereocenters. The van der Waals surface area contributed by atoms with E-state index in [1.165, 1.54) is 0 Å². The lowest BCUT2D eigenvalue weighted by molar-refractivity contribution is -0.152. The smallest absolute Gasteiger partial charge is 0.323 e. The monoisotopic (exact) mass is 293 g/mol. The highest BCUT2D eigenvalue weighted by Gasteiger charge is 2.22. The molecular weight excluding hydrogens is 258 g/mol. The van der Waals surface area contributed by atoms with E-state index in [2.05, 4.69) is 4.74 Å². The molecule has 110 valence electrons. The van der Waals surface area contributed by atoms with Crippen molar-refractivity contribution in [3.8, 4) is 11.5 Å². The molecule has 2 rings (SSSR count). The summed E-state index contributed by atoms with van der Waals surface area (Å²) in [6.45, 7) is 0. The summed E-state index contributed by atoms with van der Waals surface area (Å²) in [7, 11) is 0. The van der Waals surface area contributed by atoms with Crippen molar-refractivity contribution in [2.24, 2.45) is 5.73 Å². The molecule has 0 bridgehead atoms. The number of carbonyl (C=O) groups excluding carboxylic acids is 1. The molecule has 1 aromatic carbocycles. The second kappa shape index (κ2) is 6.61. The molecule has 0 heterocycles. The third-order valence-corrected chi connectivity index (χ3v) is 2.15. The number of phenols is 2. The van der Waals surface area contributed by atoms with Crippen LogP contribution in [0.15, 0.2) is 18.2 Å². The Balaban J connectivity index is 2.65. The van der Waals surface area contributed by atoms with Gasteiger partial charge in [-0.1, -0.05) is 12.4 Å². The molecule has 0 aliphatic heterocycles. The summed E-state index contributed by atoms with van der Waals surface area (Å²) in [5.41, 5.74) is 4.81. The van der Waals surface area contributed by atoms with Gasteiger partial charge in [-0.15, -0.1) is 0 Å². The highest BCUT2D eigenvalue weighted by Crippen LogP contribution is 2.25. The number of carbonyl (C=O) groups is 1. The van der Waals surface area contributed by atoms with Crippen LogP contribution in [0.1, 0.15) is 56.6 Å². The first-order chi connectivity index (χ1) is 14.8. The maximum Gasteiger partial charge on any atom is 0.323 e. The van der Waals surface area contributed by atoms with Gasteiger partial charge in [-0.2, -0.15) is 0 Å². The third-order valence-electron chi connectivity index (χ3n) is 2.15. The lowest BCUT2D eigenvalue weighted by Crippen LogP contribution is -2.37. The van der Waals surface area contributed by atoms with Crippen LogP contribution >= 0.6 is 0 Å². The number of rotatable bonds is 4. The predicted octanol–water partition coefficient (Wildman–Crippen LogP) is 1.84. The van der Waals surface area contributed by atoms with E-state index in [0.717, 1.165) is 12.1 Å². The predicted molar refractivity (Wildman–Crippen MR) is 74.4 cm³/mol. The van der Waals surface area contributed by atoms with E-state index < -0.39 is 73.4 Å². The van der Waals surface area contributed by atoms with Crippen molar-refractivity contribution in [1.82, 2.24) is 0 Å². The lowest BCUT2D eigenvalue weighted by Gasteiger charge is -2.23. The molecule has 1 aliphatic rings. The molecule has 1 saturated carbocycles. The second-order valence-electron chi connectivity index (χ2n) is 3.59. The van der Waals surface area contributed by atoms with Crippen molar-refractivity contribution in [2.45, 2.75) is 50.3 Å². The zero-order valence-electron chi connectivity index (χ0n) is 24.0. The molecule has 0 amide bonds. The van der Waals surface area contributed by atoms with Crippen LogP contribution in [-0.2, 0) is 15.9 Å². The van der Waals surface area contributed by atoms with Crippen LogP contribution in [0.2, 0.25) is 0 Å². The van der Waals surface area contributed by atoms with Crippen LogP contribution in [-0.4, -0.2) is 28.3 Å². The first kappa shape index (κ1) is 4.91. The average Bonchev–Trinajstić information content (AvgIpc) is 2.67. The molecule has 0 spiro atoms. The number of phenolic OH excluding ortho intramolecular Hbond substituents is 2. The zero-order chi connectivity index (χ0) is 27.1. The molecule has 1 fully saturated rings.